The molecule has 0 spiro atoms. The molecule has 0 saturated heterocycles. The molecule has 0 unspecified atom stereocenters. The predicted molar refractivity (Wildman–Crippen MR) is 83.8 cm³/mol. The molecule has 0 aliphatic carbocycles. The Morgan fingerprint density at radius 1 is 1.00 bits per heavy atom. The van der Waals surface area contributed by atoms with Crippen molar-refractivity contribution in [2.24, 2.45) is 0 Å². The van der Waals surface area contributed by atoms with Gasteiger partial charge in [-0.3, -0.25) is 4.98 Å². The Labute approximate surface area is 123 Å². The quantitative estimate of drug-likeness (QED) is 0.793. The lowest BCUT2D eigenvalue weighted by molar-refractivity contribution is 1.03. The van der Waals surface area contributed by atoms with E-state index in [1.807, 2.05) is 49.5 Å². The van der Waals surface area contributed by atoms with E-state index in [0.29, 0.717) is 0 Å². The molecule has 21 heavy (non-hydrogen) atoms. The van der Waals surface area contributed by atoms with E-state index in [0.717, 1.165) is 29.4 Å². The monoisotopic (exact) mass is 276 g/mol. The van der Waals surface area contributed by atoms with Gasteiger partial charge in [0.1, 0.15) is 11.6 Å². The standard InChI is InChI=1S/C17H16N4/c1-13-20-16(15-8-5-9-18-12-15)10-17(21-13)19-11-14-6-3-2-4-7-14/h2-10,12H,11H2,1H3,(H,19,20,21). The third kappa shape index (κ3) is 3.42. The molecule has 0 aliphatic heterocycles. The van der Waals surface area contributed by atoms with E-state index in [-0.39, 0.29) is 0 Å². The number of anilines is 1. The second kappa shape index (κ2) is 6.13. The van der Waals surface area contributed by atoms with Crippen molar-refractivity contribution in [2.45, 2.75) is 13.5 Å². The summed E-state index contributed by atoms with van der Waals surface area (Å²) in [4.78, 5) is 13.0. The Morgan fingerprint density at radius 3 is 2.62 bits per heavy atom. The van der Waals surface area contributed by atoms with Crippen molar-refractivity contribution in [3.8, 4) is 11.3 Å². The summed E-state index contributed by atoms with van der Waals surface area (Å²) in [7, 11) is 0. The maximum Gasteiger partial charge on any atom is 0.130 e. The molecule has 1 N–H and O–H groups in total. The fourth-order valence-corrected chi connectivity index (χ4v) is 2.11. The molecule has 3 aromatic rings. The summed E-state index contributed by atoms with van der Waals surface area (Å²) in [5.41, 5.74) is 3.09. The highest BCUT2D eigenvalue weighted by atomic mass is 15.0. The summed E-state index contributed by atoms with van der Waals surface area (Å²) in [6.45, 7) is 2.64. The van der Waals surface area contributed by atoms with Gasteiger partial charge in [-0.15, -0.1) is 0 Å². The number of benzene rings is 1. The van der Waals surface area contributed by atoms with E-state index < -0.39 is 0 Å². The molecule has 2 aromatic heterocycles. The average Bonchev–Trinajstić information content (AvgIpc) is 2.54. The van der Waals surface area contributed by atoms with Gasteiger partial charge < -0.3 is 5.32 Å². The summed E-state index contributed by atoms with van der Waals surface area (Å²) in [5.74, 6) is 1.57. The zero-order valence-corrected chi connectivity index (χ0v) is 11.8. The van der Waals surface area contributed by atoms with E-state index in [4.69, 9.17) is 0 Å². The molecule has 1 aromatic carbocycles. The molecule has 4 heteroatoms. The highest BCUT2D eigenvalue weighted by Crippen LogP contribution is 2.19. The van der Waals surface area contributed by atoms with Crippen LogP contribution >= 0.6 is 0 Å². The molecule has 0 radical (unpaired) electrons. The van der Waals surface area contributed by atoms with Gasteiger partial charge in [-0.05, 0) is 24.6 Å². The summed E-state index contributed by atoms with van der Waals surface area (Å²) in [6.07, 6.45) is 3.56. The predicted octanol–water partition coefficient (Wildman–Crippen LogP) is 3.46. The van der Waals surface area contributed by atoms with E-state index >= 15 is 0 Å². The van der Waals surface area contributed by atoms with E-state index in [1.165, 1.54) is 5.56 Å². The minimum atomic E-state index is 0.740. The van der Waals surface area contributed by atoms with Gasteiger partial charge in [-0.1, -0.05) is 30.3 Å². The van der Waals surface area contributed by atoms with Gasteiger partial charge in [0.15, 0.2) is 0 Å². The zero-order chi connectivity index (χ0) is 14.5. The van der Waals surface area contributed by atoms with Crippen LogP contribution in [-0.2, 0) is 6.54 Å². The highest BCUT2D eigenvalue weighted by Gasteiger charge is 2.04. The lowest BCUT2D eigenvalue weighted by Gasteiger charge is -2.08. The molecule has 3 rings (SSSR count). The number of aromatic nitrogens is 3. The maximum atomic E-state index is 4.47. The SMILES string of the molecule is Cc1nc(NCc2ccccc2)cc(-c2cccnc2)n1. The number of aryl methyl sites for hydroxylation is 1. The van der Waals surface area contributed by atoms with Gasteiger partial charge in [0.25, 0.3) is 0 Å². The van der Waals surface area contributed by atoms with Gasteiger partial charge in [0.05, 0.1) is 5.69 Å². The molecule has 0 atom stereocenters. The fourth-order valence-electron chi connectivity index (χ4n) is 2.11. The average molecular weight is 276 g/mol. The second-order valence-electron chi connectivity index (χ2n) is 4.77. The van der Waals surface area contributed by atoms with Crippen LogP contribution in [0, 0.1) is 6.92 Å². The van der Waals surface area contributed by atoms with Crippen LogP contribution in [0.5, 0.6) is 0 Å². The van der Waals surface area contributed by atoms with E-state index in [2.05, 4.69) is 32.4 Å². The normalized spacial score (nSPS) is 10.3. The zero-order valence-electron chi connectivity index (χ0n) is 11.8. The lowest BCUT2D eigenvalue weighted by atomic mass is 10.2. The lowest BCUT2D eigenvalue weighted by Crippen LogP contribution is -2.03. The highest BCUT2D eigenvalue weighted by molar-refractivity contribution is 5.61. The molecule has 0 aliphatic rings. The Kier molecular flexibility index (Phi) is 3.87. The molecule has 0 saturated carbocycles. The van der Waals surface area contributed by atoms with Crippen molar-refractivity contribution >= 4 is 5.82 Å². The first-order valence-corrected chi connectivity index (χ1v) is 6.85. The van der Waals surface area contributed by atoms with Gasteiger partial charge in [-0.2, -0.15) is 0 Å². The van der Waals surface area contributed by atoms with Crippen LogP contribution in [0.4, 0.5) is 5.82 Å². The first-order valence-electron chi connectivity index (χ1n) is 6.85. The van der Waals surface area contributed by atoms with Crippen LogP contribution in [0.2, 0.25) is 0 Å². The first kappa shape index (κ1) is 13.2. The van der Waals surface area contributed by atoms with Crippen LogP contribution in [0.1, 0.15) is 11.4 Å². The summed E-state index contributed by atoms with van der Waals surface area (Å²) >= 11 is 0. The van der Waals surface area contributed by atoms with Crippen LogP contribution in [0.25, 0.3) is 11.3 Å². The van der Waals surface area contributed by atoms with Crippen molar-refractivity contribution in [3.05, 3.63) is 72.3 Å². The number of hydrogen-bond acceptors (Lipinski definition) is 4. The smallest absolute Gasteiger partial charge is 0.130 e. The molecule has 2 heterocycles. The summed E-state index contributed by atoms with van der Waals surface area (Å²) < 4.78 is 0. The maximum absolute atomic E-state index is 4.47. The van der Waals surface area contributed by atoms with E-state index in [9.17, 15) is 0 Å². The summed E-state index contributed by atoms with van der Waals surface area (Å²) in [6, 6.07) is 16.1. The van der Waals surface area contributed by atoms with Crippen molar-refractivity contribution in [3.63, 3.8) is 0 Å². The van der Waals surface area contributed by atoms with Gasteiger partial charge in [0, 0.05) is 30.6 Å². The Bertz CT molecular complexity index is 711. The van der Waals surface area contributed by atoms with Crippen molar-refractivity contribution < 1.29 is 0 Å². The van der Waals surface area contributed by atoms with Crippen molar-refractivity contribution in [1.29, 1.82) is 0 Å². The number of nitrogens with zero attached hydrogens (tertiary/aromatic N) is 3. The van der Waals surface area contributed by atoms with Gasteiger partial charge in [-0.25, -0.2) is 9.97 Å². The summed E-state index contributed by atoms with van der Waals surface area (Å²) in [5, 5.41) is 3.34. The Balaban J connectivity index is 1.82. The number of pyridine rings is 1. The molecular formula is C17H16N4. The van der Waals surface area contributed by atoms with Crippen LogP contribution in [0.3, 0.4) is 0 Å². The van der Waals surface area contributed by atoms with Crippen molar-refractivity contribution in [1.82, 2.24) is 15.0 Å². The van der Waals surface area contributed by atoms with Crippen LogP contribution < -0.4 is 5.32 Å². The minimum Gasteiger partial charge on any atom is -0.366 e. The van der Waals surface area contributed by atoms with Crippen LogP contribution in [-0.4, -0.2) is 15.0 Å². The molecule has 0 amide bonds. The topological polar surface area (TPSA) is 50.7 Å². The third-order valence-corrected chi connectivity index (χ3v) is 3.11. The number of rotatable bonds is 4. The van der Waals surface area contributed by atoms with Crippen LogP contribution in [0.15, 0.2) is 60.9 Å². The van der Waals surface area contributed by atoms with Crippen molar-refractivity contribution in [2.75, 3.05) is 5.32 Å². The molecule has 0 fully saturated rings. The third-order valence-electron chi connectivity index (χ3n) is 3.11. The van der Waals surface area contributed by atoms with Gasteiger partial charge in [0.2, 0.25) is 0 Å². The fraction of sp³-hybridized carbons (Fsp3) is 0.118. The molecule has 4 nitrogen and oxygen atoms in total. The number of nitrogens with one attached hydrogen (secondary N) is 1. The molecule has 0 bridgehead atoms. The second-order valence-corrected chi connectivity index (χ2v) is 4.77. The van der Waals surface area contributed by atoms with E-state index in [1.54, 1.807) is 6.20 Å². The Hall–Kier alpha value is -2.75. The Morgan fingerprint density at radius 2 is 1.86 bits per heavy atom. The van der Waals surface area contributed by atoms with Gasteiger partial charge >= 0.3 is 0 Å². The minimum absolute atomic E-state index is 0.740. The first-order chi connectivity index (χ1) is 10.3. The largest absolute Gasteiger partial charge is 0.366 e. The molecular weight excluding hydrogens is 260 g/mol. The number of hydrogen-bond donors (Lipinski definition) is 1. The molecule has 104 valence electrons.